The molecule has 0 unspecified atom stereocenters. The van der Waals surface area contributed by atoms with Crippen LogP contribution in [-0.2, 0) is 0 Å². The molecule has 0 radical (unpaired) electrons. The van der Waals surface area contributed by atoms with Crippen LogP contribution in [0.2, 0.25) is 0 Å². The van der Waals surface area contributed by atoms with E-state index in [2.05, 4.69) is 20.5 Å². The lowest BCUT2D eigenvalue weighted by Gasteiger charge is -2.00. The minimum absolute atomic E-state index is 0.0145. The first-order chi connectivity index (χ1) is 7.65. The first-order valence-corrected chi connectivity index (χ1v) is 4.61. The van der Waals surface area contributed by atoms with Crippen molar-refractivity contribution in [3.8, 4) is 0 Å². The van der Waals surface area contributed by atoms with Crippen LogP contribution in [0.5, 0.6) is 0 Å². The molecule has 0 fully saturated rings. The minimum Gasteiger partial charge on any atom is -0.304 e. The highest BCUT2D eigenvalue weighted by Gasteiger charge is 2.09. The summed E-state index contributed by atoms with van der Waals surface area (Å²) in [5.41, 5.74) is 0.836. The number of pyridine rings is 1. The molecule has 2 heterocycles. The van der Waals surface area contributed by atoms with Crippen molar-refractivity contribution in [1.82, 2.24) is 15.2 Å². The number of hydrogen-bond donors (Lipinski definition) is 2. The Morgan fingerprint density at radius 2 is 2.31 bits per heavy atom. The quantitative estimate of drug-likeness (QED) is 0.753. The van der Waals surface area contributed by atoms with Crippen molar-refractivity contribution in [1.29, 1.82) is 0 Å². The summed E-state index contributed by atoms with van der Waals surface area (Å²) < 4.78 is 12.8. The number of rotatable bonds is 2. The van der Waals surface area contributed by atoms with Gasteiger partial charge in [-0.1, -0.05) is 6.07 Å². The molecule has 0 atom stereocenters. The van der Waals surface area contributed by atoms with Crippen LogP contribution >= 0.6 is 0 Å². The van der Waals surface area contributed by atoms with Crippen LogP contribution < -0.4 is 5.32 Å². The molecule has 2 N–H and O–H groups in total. The lowest BCUT2D eigenvalue weighted by atomic mass is 10.3. The van der Waals surface area contributed by atoms with E-state index in [0.717, 1.165) is 5.69 Å². The predicted octanol–water partition coefficient (Wildman–Crippen LogP) is 1.50. The number of aryl methyl sites for hydroxylation is 1. The highest BCUT2D eigenvalue weighted by molar-refractivity contribution is 6.02. The minimum atomic E-state index is -0.689. The number of anilines is 1. The zero-order valence-electron chi connectivity index (χ0n) is 8.49. The maximum absolute atomic E-state index is 12.8. The molecule has 0 aliphatic carbocycles. The number of nitrogens with zero attached hydrogens (tertiary/aromatic N) is 2. The molecule has 0 saturated carbocycles. The summed E-state index contributed by atoms with van der Waals surface area (Å²) >= 11 is 0. The van der Waals surface area contributed by atoms with Gasteiger partial charge >= 0.3 is 0 Å². The average Bonchev–Trinajstić information content (AvgIpc) is 2.64. The van der Waals surface area contributed by atoms with E-state index in [4.69, 9.17) is 0 Å². The van der Waals surface area contributed by atoms with Gasteiger partial charge in [0.2, 0.25) is 5.95 Å². The molecular formula is C10H9FN4O. The van der Waals surface area contributed by atoms with Crippen molar-refractivity contribution in [2.75, 3.05) is 5.32 Å². The molecule has 2 rings (SSSR count). The SMILES string of the molecule is Cc1cc(NC(=O)c2cccc(F)n2)n[nH]1. The maximum atomic E-state index is 12.8. The Kier molecular flexibility index (Phi) is 2.63. The average molecular weight is 220 g/mol. The van der Waals surface area contributed by atoms with Crippen molar-refractivity contribution in [3.05, 3.63) is 41.6 Å². The molecule has 5 nitrogen and oxygen atoms in total. The van der Waals surface area contributed by atoms with Gasteiger partial charge in [-0.25, -0.2) is 4.98 Å². The Morgan fingerprint density at radius 1 is 1.50 bits per heavy atom. The highest BCUT2D eigenvalue weighted by atomic mass is 19.1. The summed E-state index contributed by atoms with van der Waals surface area (Å²) in [5.74, 6) is -0.801. The van der Waals surface area contributed by atoms with E-state index < -0.39 is 11.9 Å². The molecule has 0 aromatic carbocycles. The predicted molar refractivity (Wildman–Crippen MR) is 55.5 cm³/mol. The summed E-state index contributed by atoms with van der Waals surface area (Å²) in [6.07, 6.45) is 0. The molecule has 0 saturated heterocycles. The fourth-order valence-electron chi connectivity index (χ4n) is 1.20. The van der Waals surface area contributed by atoms with E-state index in [1.807, 2.05) is 6.92 Å². The van der Waals surface area contributed by atoms with Crippen LogP contribution in [0, 0.1) is 12.9 Å². The van der Waals surface area contributed by atoms with Crippen molar-refractivity contribution in [2.45, 2.75) is 6.92 Å². The topological polar surface area (TPSA) is 70.7 Å². The van der Waals surface area contributed by atoms with Gasteiger partial charge in [-0.05, 0) is 19.1 Å². The lowest BCUT2D eigenvalue weighted by molar-refractivity contribution is 0.102. The largest absolute Gasteiger partial charge is 0.304 e. The van der Waals surface area contributed by atoms with Gasteiger partial charge in [0.15, 0.2) is 5.82 Å². The third kappa shape index (κ3) is 2.22. The Hall–Kier alpha value is -2.24. The molecule has 82 valence electrons. The van der Waals surface area contributed by atoms with Crippen LogP contribution in [0.15, 0.2) is 24.3 Å². The fourth-order valence-corrected chi connectivity index (χ4v) is 1.20. The van der Waals surface area contributed by atoms with Crippen LogP contribution in [0.4, 0.5) is 10.2 Å². The summed E-state index contributed by atoms with van der Waals surface area (Å²) in [6.45, 7) is 1.81. The zero-order chi connectivity index (χ0) is 11.5. The van der Waals surface area contributed by atoms with Crippen LogP contribution in [0.1, 0.15) is 16.2 Å². The van der Waals surface area contributed by atoms with Gasteiger partial charge in [-0.3, -0.25) is 9.89 Å². The zero-order valence-corrected chi connectivity index (χ0v) is 8.49. The molecular weight excluding hydrogens is 211 g/mol. The van der Waals surface area contributed by atoms with Crippen molar-refractivity contribution in [2.24, 2.45) is 0 Å². The van der Waals surface area contributed by atoms with E-state index in [-0.39, 0.29) is 5.69 Å². The van der Waals surface area contributed by atoms with Crippen LogP contribution in [0.25, 0.3) is 0 Å². The van der Waals surface area contributed by atoms with Crippen molar-refractivity contribution >= 4 is 11.7 Å². The smallest absolute Gasteiger partial charge is 0.275 e. The maximum Gasteiger partial charge on any atom is 0.275 e. The summed E-state index contributed by atoms with van der Waals surface area (Å²) in [4.78, 5) is 15.0. The van der Waals surface area contributed by atoms with E-state index in [0.29, 0.717) is 5.82 Å². The molecule has 6 heteroatoms. The first kappa shape index (κ1) is 10.3. The summed E-state index contributed by atoms with van der Waals surface area (Å²) in [5, 5.41) is 9.00. The van der Waals surface area contributed by atoms with Gasteiger partial charge in [0, 0.05) is 11.8 Å². The number of halogens is 1. The number of aromatic amines is 1. The molecule has 0 spiro atoms. The van der Waals surface area contributed by atoms with E-state index in [9.17, 15) is 9.18 Å². The van der Waals surface area contributed by atoms with Gasteiger partial charge in [-0.15, -0.1) is 0 Å². The Morgan fingerprint density at radius 3 is 2.94 bits per heavy atom. The van der Waals surface area contributed by atoms with E-state index in [1.54, 1.807) is 6.07 Å². The number of nitrogens with one attached hydrogen (secondary N) is 2. The van der Waals surface area contributed by atoms with Gasteiger partial charge in [0.1, 0.15) is 5.69 Å². The summed E-state index contributed by atoms with van der Waals surface area (Å²) in [6, 6.07) is 5.69. The summed E-state index contributed by atoms with van der Waals surface area (Å²) in [7, 11) is 0. The fraction of sp³-hybridized carbons (Fsp3) is 0.100. The monoisotopic (exact) mass is 220 g/mol. The number of aromatic nitrogens is 3. The van der Waals surface area contributed by atoms with Crippen LogP contribution in [0.3, 0.4) is 0 Å². The van der Waals surface area contributed by atoms with Crippen molar-refractivity contribution in [3.63, 3.8) is 0 Å². The Bertz CT molecular complexity index is 523. The van der Waals surface area contributed by atoms with Gasteiger partial charge < -0.3 is 5.32 Å². The third-order valence-corrected chi connectivity index (χ3v) is 1.90. The highest BCUT2D eigenvalue weighted by Crippen LogP contribution is 2.06. The number of amides is 1. The van der Waals surface area contributed by atoms with Gasteiger partial charge in [-0.2, -0.15) is 9.49 Å². The van der Waals surface area contributed by atoms with Gasteiger partial charge in [0.05, 0.1) is 0 Å². The molecule has 0 aliphatic rings. The standard InChI is InChI=1S/C10H9FN4O/c1-6-5-9(15-14-6)13-10(16)7-3-2-4-8(11)12-7/h2-5H,1H3,(H2,13,14,15,16). The lowest BCUT2D eigenvalue weighted by Crippen LogP contribution is -2.14. The normalized spacial score (nSPS) is 10.1. The molecule has 2 aromatic rings. The number of hydrogen-bond acceptors (Lipinski definition) is 3. The second-order valence-electron chi connectivity index (χ2n) is 3.24. The molecule has 1 amide bonds. The Labute approximate surface area is 90.7 Å². The molecule has 0 aliphatic heterocycles. The molecule has 0 bridgehead atoms. The first-order valence-electron chi connectivity index (χ1n) is 4.61. The number of carbonyl (C=O) groups is 1. The van der Waals surface area contributed by atoms with E-state index >= 15 is 0 Å². The van der Waals surface area contributed by atoms with E-state index in [1.165, 1.54) is 18.2 Å². The number of H-pyrrole nitrogens is 1. The van der Waals surface area contributed by atoms with Crippen molar-refractivity contribution < 1.29 is 9.18 Å². The Balaban J connectivity index is 2.14. The third-order valence-electron chi connectivity index (χ3n) is 1.90. The molecule has 2 aromatic heterocycles. The van der Waals surface area contributed by atoms with Crippen LogP contribution in [-0.4, -0.2) is 21.1 Å². The van der Waals surface area contributed by atoms with Gasteiger partial charge in [0.25, 0.3) is 5.91 Å². The number of carbonyl (C=O) groups excluding carboxylic acids is 1. The second-order valence-corrected chi connectivity index (χ2v) is 3.24. The second kappa shape index (κ2) is 4.09. The molecule has 16 heavy (non-hydrogen) atoms.